The quantitative estimate of drug-likeness (QED) is 0.135. The van der Waals surface area contributed by atoms with Gasteiger partial charge in [-0.25, -0.2) is 9.59 Å². The van der Waals surface area contributed by atoms with Crippen LogP contribution in [-0.4, -0.2) is 45.3 Å². The standard InChI is InChI=1S/C25H22O4.C13H24N2OS/c1-14-5-8-18-21(11-14)29-22-13-16(26)7-10-19(22)23(18)17-9-6-15(25(2,3)4)12-20(17)24(27)28;1-13(2,3)7-5-4-6-10-11-9(8-17-10)14-12(16)15-11/h5-13,26H,1H2,2-4H3,(H,27,28);9-11H,4-8H2,1-3H3,(H2,14,15,16)/t;9-,10-,11-/m.0/s1. The zero-order chi connectivity index (χ0) is 33.4. The number of carboxylic acids is 1. The average molecular weight is 643 g/mol. The summed E-state index contributed by atoms with van der Waals surface area (Å²) >= 11 is 2.02. The number of nitrogens with one attached hydrogen (secondary N) is 2. The van der Waals surface area contributed by atoms with Crippen LogP contribution in [0.1, 0.15) is 94.3 Å². The molecule has 0 aromatic heterocycles. The number of aromatic carboxylic acids is 1. The molecule has 0 saturated carbocycles. The molecule has 244 valence electrons. The molecule has 8 heteroatoms. The fraction of sp³-hybridized carbons (Fsp3) is 0.421. The number of ether oxygens (including phenoxy) is 1. The summed E-state index contributed by atoms with van der Waals surface area (Å²) in [6.07, 6.45) is 5.13. The van der Waals surface area contributed by atoms with Crippen LogP contribution in [0.15, 0.2) is 54.6 Å². The summed E-state index contributed by atoms with van der Waals surface area (Å²) < 4.78 is 6.00. The number of urea groups is 1. The maximum atomic E-state index is 12.2. The summed E-state index contributed by atoms with van der Waals surface area (Å²) in [5.41, 5.74) is 3.57. The van der Waals surface area contributed by atoms with Gasteiger partial charge in [-0.1, -0.05) is 85.2 Å². The first-order chi connectivity index (χ1) is 21.6. The number of hydrogen-bond donors (Lipinski definition) is 4. The molecular formula is C38H46N2O5S. The highest BCUT2D eigenvalue weighted by molar-refractivity contribution is 8.00. The normalized spacial score (nSPS) is 19.9. The van der Waals surface area contributed by atoms with Gasteiger partial charge in [0.25, 0.3) is 0 Å². The van der Waals surface area contributed by atoms with Crippen LogP contribution in [0.5, 0.6) is 17.2 Å². The van der Waals surface area contributed by atoms with E-state index in [-0.39, 0.29) is 22.8 Å². The summed E-state index contributed by atoms with van der Waals surface area (Å²) in [5, 5.41) is 28.1. The highest BCUT2D eigenvalue weighted by atomic mass is 32.2. The second-order valence-corrected chi connectivity index (χ2v) is 16.0. The van der Waals surface area contributed by atoms with E-state index in [2.05, 4.69) is 58.8 Å². The van der Waals surface area contributed by atoms with Crippen LogP contribution in [0.25, 0.3) is 12.2 Å². The van der Waals surface area contributed by atoms with E-state index in [0.29, 0.717) is 39.8 Å². The number of benzene rings is 3. The molecule has 3 aromatic rings. The highest BCUT2D eigenvalue weighted by Gasteiger charge is 2.42. The van der Waals surface area contributed by atoms with E-state index in [4.69, 9.17) is 4.74 Å². The fourth-order valence-electron chi connectivity index (χ4n) is 6.26. The topological polar surface area (TPSA) is 108 Å². The number of carbonyl (C=O) groups is 2. The average Bonchev–Trinajstić information content (AvgIpc) is 3.52. The van der Waals surface area contributed by atoms with Gasteiger partial charge in [0.05, 0.1) is 17.6 Å². The SMILES string of the molecule is C=c1ccc2c(c1)Oc1cc(O)ccc1C=2c1ccc(C(C)(C)C)cc1C(=O)O.CC(C)(C)CCCC[C@@H]1SC[C@@H]2NC(=O)N[C@@H]21. The summed E-state index contributed by atoms with van der Waals surface area (Å²) in [5.74, 6) is 1.24. The molecular weight excluding hydrogens is 596 g/mol. The second kappa shape index (κ2) is 13.1. The second-order valence-electron chi connectivity index (χ2n) is 14.7. The van der Waals surface area contributed by atoms with E-state index in [1.165, 1.54) is 31.7 Å². The molecule has 0 bridgehead atoms. The molecule has 2 saturated heterocycles. The molecule has 3 aliphatic heterocycles. The Bertz CT molecular complexity index is 1750. The molecule has 2 fully saturated rings. The van der Waals surface area contributed by atoms with Crippen molar-refractivity contribution >= 4 is 35.9 Å². The maximum Gasteiger partial charge on any atom is 0.336 e. The summed E-state index contributed by atoms with van der Waals surface area (Å²) in [7, 11) is 0. The largest absolute Gasteiger partial charge is 0.508 e. The Kier molecular flexibility index (Phi) is 9.50. The van der Waals surface area contributed by atoms with Crippen molar-refractivity contribution in [1.82, 2.24) is 10.6 Å². The lowest BCUT2D eigenvalue weighted by Crippen LogP contribution is -2.36. The number of fused-ring (bicyclic) bond motifs is 3. The minimum Gasteiger partial charge on any atom is -0.508 e. The number of phenols is 1. The van der Waals surface area contributed by atoms with Crippen LogP contribution in [0.3, 0.4) is 0 Å². The lowest BCUT2D eigenvalue weighted by atomic mass is 9.82. The Morgan fingerprint density at radius 1 is 0.957 bits per heavy atom. The molecule has 0 radical (unpaired) electrons. The Morgan fingerprint density at radius 3 is 2.39 bits per heavy atom. The minimum absolute atomic E-state index is 0.0278. The number of thioether (sulfide) groups is 1. The predicted octanol–water partition coefficient (Wildman–Crippen LogP) is 6.91. The monoisotopic (exact) mass is 642 g/mol. The molecule has 7 nitrogen and oxygen atoms in total. The van der Waals surface area contributed by atoms with Crippen LogP contribution in [0, 0.1) is 5.41 Å². The van der Waals surface area contributed by atoms with Crippen LogP contribution in [0.2, 0.25) is 0 Å². The van der Waals surface area contributed by atoms with Crippen LogP contribution < -0.4 is 25.8 Å². The van der Waals surface area contributed by atoms with Crippen molar-refractivity contribution in [3.8, 4) is 17.2 Å². The van der Waals surface area contributed by atoms with Crippen molar-refractivity contribution in [3.63, 3.8) is 0 Å². The molecule has 3 aliphatic rings. The number of carbonyl (C=O) groups excluding carboxylic acids is 1. The molecule has 3 aromatic carbocycles. The lowest BCUT2D eigenvalue weighted by molar-refractivity contribution is 0.0696. The van der Waals surface area contributed by atoms with Gasteiger partial charge < -0.3 is 25.6 Å². The summed E-state index contributed by atoms with van der Waals surface area (Å²) in [4.78, 5) is 23.4. The zero-order valence-corrected chi connectivity index (χ0v) is 28.5. The van der Waals surface area contributed by atoms with Crippen LogP contribution in [0.4, 0.5) is 4.79 Å². The van der Waals surface area contributed by atoms with Crippen molar-refractivity contribution in [1.29, 1.82) is 0 Å². The Morgan fingerprint density at radius 2 is 1.70 bits per heavy atom. The van der Waals surface area contributed by atoms with E-state index < -0.39 is 5.97 Å². The summed E-state index contributed by atoms with van der Waals surface area (Å²) in [6.45, 7) is 17.0. The van der Waals surface area contributed by atoms with Gasteiger partial charge in [0, 0.05) is 33.4 Å². The molecule has 6 rings (SSSR count). The number of aromatic hydroxyl groups is 1. The van der Waals surface area contributed by atoms with Gasteiger partial charge in [0.1, 0.15) is 17.2 Å². The molecule has 3 heterocycles. The first kappa shape index (κ1) is 33.5. The Balaban J connectivity index is 0.000000209. The first-order valence-electron chi connectivity index (χ1n) is 16.0. The number of hydrogen-bond acceptors (Lipinski definition) is 5. The Labute approximate surface area is 276 Å². The predicted molar refractivity (Wildman–Crippen MR) is 187 cm³/mol. The van der Waals surface area contributed by atoms with Crippen molar-refractivity contribution in [2.45, 2.75) is 90.0 Å². The van der Waals surface area contributed by atoms with Gasteiger partial charge in [-0.05, 0) is 64.3 Å². The van der Waals surface area contributed by atoms with Crippen LogP contribution >= 0.6 is 11.8 Å². The molecule has 0 unspecified atom stereocenters. The zero-order valence-electron chi connectivity index (χ0n) is 27.7. The van der Waals surface area contributed by atoms with E-state index in [9.17, 15) is 19.8 Å². The third kappa shape index (κ3) is 7.55. The number of phenolic OH excluding ortho intramolecular Hbond substituents is 1. The molecule has 0 aliphatic carbocycles. The third-order valence-electron chi connectivity index (χ3n) is 8.76. The number of unbranched alkanes of at least 4 members (excludes halogenated alkanes) is 1. The van der Waals surface area contributed by atoms with Gasteiger partial charge >= 0.3 is 12.0 Å². The van der Waals surface area contributed by atoms with Gasteiger partial charge in [-0.2, -0.15) is 11.8 Å². The molecule has 3 atom stereocenters. The van der Waals surface area contributed by atoms with Crippen molar-refractivity contribution in [2.24, 2.45) is 5.41 Å². The highest BCUT2D eigenvalue weighted by Crippen LogP contribution is 2.40. The van der Waals surface area contributed by atoms with Gasteiger partial charge in [0.15, 0.2) is 0 Å². The van der Waals surface area contributed by atoms with Gasteiger partial charge in [-0.3, -0.25) is 0 Å². The van der Waals surface area contributed by atoms with Crippen LogP contribution in [-0.2, 0) is 5.41 Å². The molecule has 46 heavy (non-hydrogen) atoms. The molecule has 4 N–H and O–H groups in total. The van der Waals surface area contributed by atoms with Crippen molar-refractivity contribution in [2.75, 3.05) is 5.75 Å². The van der Waals surface area contributed by atoms with E-state index in [0.717, 1.165) is 32.9 Å². The third-order valence-corrected chi connectivity index (χ3v) is 10.3. The van der Waals surface area contributed by atoms with E-state index >= 15 is 0 Å². The Hall–Kier alpha value is -3.91. The van der Waals surface area contributed by atoms with Crippen molar-refractivity contribution in [3.05, 3.63) is 87.3 Å². The molecule has 2 amide bonds. The maximum absolute atomic E-state index is 12.2. The van der Waals surface area contributed by atoms with E-state index in [1.807, 2.05) is 42.1 Å². The van der Waals surface area contributed by atoms with Gasteiger partial charge in [-0.15, -0.1) is 0 Å². The number of rotatable bonds is 6. The smallest absolute Gasteiger partial charge is 0.336 e. The fourth-order valence-corrected chi connectivity index (χ4v) is 7.81. The number of amides is 2. The van der Waals surface area contributed by atoms with Gasteiger partial charge in [0.2, 0.25) is 0 Å². The molecule has 0 spiro atoms. The van der Waals surface area contributed by atoms with E-state index in [1.54, 1.807) is 18.2 Å². The first-order valence-corrected chi connectivity index (χ1v) is 17.1. The van der Waals surface area contributed by atoms with Crippen molar-refractivity contribution < 1.29 is 24.5 Å². The summed E-state index contributed by atoms with van der Waals surface area (Å²) in [6, 6.07) is 16.8. The lowest BCUT2D eigenvalue weighted by Gasteiger charge is -2.24. The number of carboxylic acid groups (broad SMARTS) is 1. The minimum atomic E-state index is -0.985.